The molecule has 0 spiro atoms. The molecule has 1 aromatic carbocycles. The second-order valence-corrected chi connectivity index (χ2v) is 4.73. The van der Waals surface area contributed by atoms with Crippen molar-refractivity contribution in [2.45, 2.75) is 13.8 Å². The van der Waals surface area contributed by atoms with Gasteiger partial charge in [-0.15, -0.1) is 0 Å². The number of rotatable bonds is 6. The number of amides is 5. The van der Waals surface area contributed by atoms with E-state index in [4.69, 9.17) is 4.74 Å². The molecule has 0 saturated carbocycles. The van der Waals surface area contributed by atoms with Gasteiger partial charge in [-0.2, -0.15) is 0 Å². The van der Waals surface area contributed by atoms with E-state index in [0.29, 0.717) is 22.9 Å². The van der Waals surface area contributed by atoms with Gasteiger partial charge in [-0.3, -0.25) is 19.3 Å². The molecule has 1 saturated heterocycles. The van der Waals surface area contributed by atoms with Crippen LogP contribution in [0, 0.1) is 0 Å². The highest BCUT2D eigenvalue weighted by Crippen LogP contribution is 2.16. The molecule has 1 heterocycles. The average molecular weight is 319 g/mol. The van der Waals surface area contributed by atoms with Crippen LogP contribution in [0.25, 0.3) is 0 Å². The Morgan fingerprint density at radius 3 is 2.17 bits per heavy atom. The van der Waals surface area contributed by atoms with E-state index in [2.05, 4.69) is 5.32 Å². The number of anilines is 1. The summed E-state index contributed by atoms with van der Waals surface area (Å²) in [6.45, 7) is 3.55. The van der Waals surface area contributed by atoms with Crippen molar-refractivity contribution in [3.05, 3.63) is 24.3 Å². The van der Waals surface area contributed by atoms with Crippen molar-refractivity contribution < 1.29 is 23.9 Å². The fraction of sp³-hybridized carbons (Fsp3) is 0.333. The summed E-state index contributed by atoms with van der Waals surface area (Å²) in [6, 6.07) is 5.88. The third-order valence-electron chi connectivity index (χ3n) is 3.20. The number of urea groups is 1. The molecular weight excluding hydrogens is 302 g/mol. The minimum absolute atomic E-state index is 0.0837. The highest BCUT2D eigenvalue weighted by Gasteiger charge is 2.44. The molecule has 2 rings (SSSR count). The summed E-state index contributed by atoms with van der Waals surface area (Å²) in [5, 5.41) is 2.56. The number of nitrogens with zero attached hydrogens (tertiary/aromatic N) is 2. The first-order chi connectivity index (χ1) is 11.0. The molecule has 5 amide bonds. The fourth-order valence-corrected chi connectivity index (χ4v) is 2.11. The molecule has 8 nitrogen and oxygen atoms in total. The van der Waals surface area contributed by atoms with Crippen molar-refractivity contribution in [2.24, 2.45) is 0 Å². The van der Waals surface area contributed by atoms with E-state index in [1.807, 2.05) is 6.92 Å². The number of imide groups is 2. The number of nitrogens with one attached hydrogen (secondary N) is 1. The smallest absolute Gasteiger partial charge is 0.334 e. The van der Waals surface area contributed by atoms with Gasteiger partial charge in [0.1, 0.15) is 12.3 Å². The number of benzene rings is 1. The first-order valence-corrected chi connectivity index (χ1v) is 7.18. The van der Waals surface area contributed by atoms with Gasteiger partial charge in [0.25, 0.3) is 0 Å². The van der Waals surface area contributed by atoms with Crippen LogP contribution in [0.3, 0.4) is 0 Å². The van der Waals surface area contributed by atoms with E-state index in [-0.39, 0.29) is 6.54 Å². The van der Waals surface area contributed by atoms with E-state index in [0.717, 1.165) is 4.90 Å². The lowest BCUT2D eigenvalue weighted by molar-refractivity contribution is -0.143. The maximum atomic E-state index is 12.0. The molecule has 122 valence electrons. The number of hydrogen-bond acceptors (Lipinski definition) is 5. The van der Waals surface area contributed by atoms with E-state index in [9.17, 15) is 19.2 Å². The lowest BCUT2D eigenvalue weighted by Crippen LogP contribution is -2.38. The summed E-state index contributed by atoms with van der Waals surface area (Å²) in [6.07, 6.45) is 0. The summed E-state index contributed by atoms with van der Waals surface area (Å²) in [5.74, 6) is -1.80. The lowest BCUT2D eigenvalue weighted by Gasteiger charge is -2.14. The zero-order valence-electron chi connectivity index (χ0n) is 12.9. The van der Waals surface area contributed by atoms with Gasteiger partial charge in [-0.25, -0.2) is 9.69 Å². The SMILES string of the molecule is CCOc1ccc(NC(=O)CN2C(=O)C(=O)N(CC)C2=O)cc1. The Hall–Kier alpha value is -2.90. The molecule has 0 atom stereocenters. The van der Waals surface area contributed by atoms with E-state index in [1.165, 1.54) is 0 Å². The molecule has 1 fully saturated rings. The Morgan fingerprint density at radius 2 is 1.65 bits per heavy atom. The monoisotopic (exact) mass is 319 g/mol. The number of ether oxygens (including phenoxy) is 1. The van der Waals surface area contributed by atoms with Crippen LogP contribution in [0.2, 0.25) is 0 Å². The number of likely N-dealkylation sites (N-methyl/N-ethyl adjacent to an activating group) is 1. The van der Waals surface area contributed by atoms with Crippen LogP contribution in [0.1, 0.15) is 13.8 Å². The second-order valence-electron chi connectivity index (χ2n) is 4.73. The first-order valence-electron chi connectivity index (χ1n) is 7.18. The molecule has 0 radical (unpaired) electrons. The van der Waals surface area contributed by atoms with Crippen LogP contribution >= 0.6 is 0 Å². The Balaban J connectivity index is 1.98. The maximum Gasteiger partial charge on any atom is 0.334 e. The molecule has 8 heteroatoms. The van der Waals surface area contributed by atoms with Gasteiger partial charge in [-0.05, 0) is 38.1 Å². The van der Waals surface area contributed by atoms with Crippen molar-refractivity contribution in [1.82, 2.24) is 9.80 Å². The largest absolute Gasteiger partial charge is 0.494 e. The molecule has 1 aliphatic heterocycles. The molecule has 1 aromatic rings. The van der Waals surface area contributed by atoms with Gasteiger partial charge in [0.05, 0.1) is 6.61 Å². The zero-order valence-corrected chi connectivity index (χ0v) is 12.9. The van der Waals surface area contributed by atoms with Gasteiger partial charge in [0.2, 0.25) is 5.91 Å². The Labute approximate surface area is 133 Å². The van der Waals surface area contributed by atoms with Crippen molar-refractivity contribution in [3.63, 3.8) is 0 Å². The minimum atomic E-state index is -0.987. The highest BCUT2D eigenvalue weighted by atomic mass is 16.5. The van der Waals surface area contributed by atoms with Crippen molar-refractivity contribution in [3.8, 4) is 5.75 Å². The molecule has 1 N–H and O–H groups in total. The van der Waals surface area contributed by atoms with Gasteiger partial charge in [0, 0.05) is 12.2 Å². The van der Waals surface area contributed by atoms with E-state index >= 15 is 0 Å². The molecule has 0 aliphatic carbocycles. The quantitative estimate of drug-likeness (QED) is 0.619. The summed E-state index contributed by atoms with van der Waals surface area (Å²) >= 11 is 0. The Kier molecular flexibility index (Phi) is 4.95. The van der Waals surface area contributed by atoms with Gasteiger partial charge in [0.15, 0.2) is 0 Å². The standard InChI is InChI=1S/C15H17N3O5/c1-3-17-13(20)14(21)18(15(17)22)9-12(19)16-10-5-7-11(8-6-10)23-4-2/h5-8H,3-4,9H2,1-2H3,(H,16,19). The van der Waals surface area contributed by atoms with Crippen LogP contribution in [0.15, 0.2) is 24.3 Å². The van der Waals surface area contributed by atoms with Crippen LogP contribution in [0.4, 0.5) is 10.5 Å². The van der Waals surface area contributed by atoms with Crippen LogP contribution < -0.4 is 10.1 Å². The minimum Gasteiger partial charge on any atom is -0.494 e. The summed E-state index contributed by atoms with van der Waals surface area (Å²) in [7, 11) is 0. The first kappa shape index (κ1) is 16.5. The molecule has 0 aromatic heterocycles. The summed E-state index contributed by atoms with van der Waals surface area (Å²) in [4.78, 5) is 48.5. The molecule has 23 heavy (non-hydrogen) atoms. The van der Waals surface area contributed by atoms with Gasteiger partial charge < -0.3 is 10.1 Å². The fourth-order valence-electron chi connectivity index (χ4n) is 2.11. The predicted octanol–water partition coefficient (Wildman–Crippen LogP) is 0.835. The highest BCUT2D eigenvalue weighted by molar-refractivity contribution is 6.45. The van der Waals surface area contributed by atoms with Gasteiger partial charge >= 0.3 is 17.8 Å². The van der Waals surface area contributed by atoms with Crippen molar-refractivity contribution in [1.29, 1.82) is 0 Å². The maximum absolute atomic E-state index is 12.0. The lowest BCUT2D eigenvalue weighted by atomic mass is 10.3. The summed E-state index contributed by atoms with van der Waals surface area (Å²) < 4.78 is 5.28. The molecule has 1 aliphatic rings. The Morgan fingerprint density at radius 1 is 1.04 bits per heavy atom. The number of carbonyl (C=O) groups excluding carboxylic acids is 4. The Bertz CT molecular complexity index is 641. The predicted molar refractivity (Wildman–Crippen MR) is 80.7 cm³/mol. The van der Waals surface area contributed by atoms with E-state index < -0.39 is 30.3 Å². The molecule has 0 bridgehead atoms. The van der Waals surface area contributed by atoms with Crippen LogP contribution in [0.5, 0.6) is 5.75 Å². The van der Waals surface area contributed by atoms with E-state index in [1.54, 1.807) is 31.2 Å². The number of hydrogen-bond donors (Lipinski definition) is 1. The topological polar surface area (TPSA) is 96.0 Å². The third kappa shape index (κ3) is 3.47. The molecule has 0 unspecified atom stereocenters. The molecular formula is C15H17N3O5. The number of carbonyl (C=O) groups is 4. The van der Waals surface area contributed by atoms with Crippen LogP contribution in [-0.2, 0) is 14.4 Å². The van der Waals surface area contributed by atoms with Gasteiger partial charge in [-0.1, -0.05) is 0 Å². The van der Waals surface area contributed by atoms with Crippen molar-refractivity contribution in [2.75, 3.05) is 25.0 Å². The zero-order chi connectivity index (χ0) is 17.0. The normalized spacial score (nSPS) is 14.4. The second kappa shape index (κ2) is 6.91. The van der Waals surface area contributed by atoms with Crippen molar-refractivity contribution >= 4 is 29.4 Å². The van der Waals surface area contributed by atoms with Crippen LogP contribution in [-0.4, -0.2) is 53.2 Å². The summed E-state index contributed by atoms with van der Waals surface area (Å²) in [5.41, 5.74) is 0.497. The third-order valence-corrected chi connectivity index (χ3v) is 3.20. The average Bonchev–Trinajstić information content (AvgIpc) is 2.73.